The van der Waals surface area contributed by atoms with E-state index in [2.05, 4.69) is 20.3 Å². The number of rotatable bonds is 5. The first-order chi connectivity index (χ1) is 14.7. The molecule has 2 aromatic heterocycles. The molecular formula is C20H13Cl2F3N4SSi. The third-order valence-corrected chi connectivity index (χ3v) is 6.72. The van der Waals surface area contributed by atoms with Gasteiger partial charge in [0.25, 0.3) is 0 Å². The molecular weight excluding hydrogens is 484 g/mol. The van der Waals surface area contributed by atoms with Crippen LogP contribution in [0.15, 0.2) is 42.5 Å². The second-order valence-corrected chi connectivity index (χ2v) is 9.31. The van der Waals surface area contributed by atoms with Gasteiger partial charge in [-0.2, -0.15) is 13.2 Å². The minimum Gasteiger partial charge on any atom is -0.338 e. The van der Waals surface area contributed by atoms with Gasteiger partial charge < -0.3 is 5.32 Å². The summed E-state index contributed by atoms with van der Waals surface area (Å²) >= 11 is 14.0. The molecule has 0 saturated carbocycles. The third kappa shape index (κ3) is 4.84. The molecule has 31 heavy (non-hydrogen) atoms. The van der Waals surface area contributed by atoms with Crippen molar-refractivity contribution in [2.24, 2.45) is 0 Å². The summed E-state index contributed by atoms with van der Waals surface area (Å²) in [7, 11) is 0.345. The number of fused-ring (bicyclic) bond motifs is 1. The van der Waals surface area contributed by atoms with Gasteiger partial charge in [-0.05, 0) is 42.0 Å². The number of nitrogens with zero attached hydrogens (tertiary/aromatic N) is 3. The number of benzene rings is 2. The van der Waals surface area contributed by atoms with E-state index in [0.29, 0.717) is 53.3 Å². The van der Waals surface area contributed by atoms with E-state index in [1.54, 1.807) is 18.2 Å². The van der Waals surface area contributed by atoms with Crippen LogP contribution in [0.4, 0.5) is 24.7 Å². The van der Waals surface area contributed by atoms with Crippen LogP contribution in [0.1, 0.15) is 16.1 Å². The average Bonchev–Trinajstić information content (AvgIpc) is 3.13. The first-order valence-electron chi connectivity index (χ1n) is 8.97. The minimum absolute atomic E-state index is 0.345. The fourth-order valence-corrected chi connectivity index (χ4v) is 4.88. The number of anilines is 2. The molecule has 0 saturated heterocycles. The van der Waals surface area contributed by atoms with Gasteiger partial charge in [0.1, 0.15) is 30.3 Å². The Balaban J connectivity index is 1.70. The Kier molecular flexibility index (Phi) is 6.20. The summed E-state index contributed by atoms with van der Waals surface area (Å²) in [5, 5.41) is 4.94. The molecule has 0 aliphatic carbocycles. The Hall–Kier alpha value is -2.20. The monoisotopic (exact) mass is 496 g/mol. The third-order valence-electron chi connectivity index (χ3n) is 4.39. The number of hydrogen-bond acceptors (Lipinski definition) is 5. The van der Waals surface area contributed by atoms with Crippen LogP contribution in [0.3, 0.4) is 0 Å². The predicted molar refractivity (Wildman–Crippen MR) is 120 cm³/mol. The second-order valence-electron chi connectivity index (χ2n) is 6.48. The van der Waals surface area contributed by atoms with Crippen molar-refractivity contribution in [3.8, 4) is 0 Å². The van der Waals surface area contributed by atoms with Gasteiger partial charge in [-0.25, -0.2) is 15.0 Å². The van der Waals surface area contributed by atoms with Gasteiger partial charge >= 0.3 is 6.18 Å². The summed E-state index contributed by atoms with van der Waals surface area (Å²) in [5.74, 6) is 0.446. The van der Waals surface area contributed by atoms with E-state index < -0.39 is 11.7 Å². The molecule has 0 aliphatic heterocycles. The average molecular weight is 497 g/mol. The van der Waals surface area contributed by atoms with Crippen LogP contribution < -0.4 is 10.8 Å². The number of halogens is 5. The van der Waals surface area contributed by atoms with Crippen LogP contribution in [0.5, 0.6) is 0 Å². The van der Waals surface area contributed by atoms with Gasteiger partial charge in [-0.1, -0.05) is 47.2 Å². The Morgan fingerprint density at radius 3 is 2.29 bits per heavy atom. The normalized spacial score (nSPS) is 11.8. The molecule has 0 fully saturated rings. The molecule has 2 aromatic carbocycles. The first-order valence-corrected chi connectivity index (χ1v) is 12.0. The van der Waals surface area contributed by atoms with Crippen molar-refractivity contribution in [3.05, 3.63) is 68.6 Å². The molecule has 0 spiro atoms. The Labute approximate surface area is 192 Å². The van der Waals surface area contributed by atoms with Crippen LogP contribution in [0.2, 0.25) is 16.6 Å². The fourth-order valence-electron chi connectivity index (χ4n) is 2.87. The van der Waals surface area contributed by atoms with E-state index in [1.807, 2.05) is 6.55 Å². The summed E-state index contributed by atoms with van der Waals surface area (Å²) in [6.07, 6.45) is -3.95. The summed E-state index contributed by atoms with van der Waals surface area (Å²) in [5.41, 5.74) is 1.71. The molecule has 0 atom stereocenters. The van der Waals surface area contributed by atoms with Gasteiger partial charge in [0.05, 0.1) is 5.56 Å². The summed E-state index contributed by atoms with van der Waals surface area (Å²) < 4.78 is 38.5. The molecule has 4 aromatic rings. The molecule has 0 unspecified atom stereocenters. The standard InChI is InChI=1S/C20H13Cl2F3N4SSi/c1-31-19-28-17(26-11-7-5-10(6-8-11)20(23,24)25)16-18(29-19)30-15(27-16)9-12-13(21)3-2-4-14(12)22/h2-8H,9H2,1H3,(H,26,28,29). The molecule has 2 heterocycles. The number of aromatic nitrogens is 3. The zero-order chi connectivity index (χ0) is 22.2. The number of alkyl halides is 3. The summed E-state index contributed by atoms with van der Waals surface area (Å²) in [6, 6.07) is 10.1. The molecule has 0 aliphatic rings. The van der Waals surface area contributed by atoms with Gasteiger partial charge in [-0.3, -0.25) is 0 Å². The van der Waals surface area contributed by atoms with Crippen LogP contribution in [-0.4, -0.2) is 24.5 Å². The number of nitrogens with one attached hydrogen (secondary N) is 1. The highest BCUT2D eigenvalue weighted by atomic mass is 35.5. The lowest BCUT2D eigenvalue weighted by Gasteiger charge is -2.10. The molecule has 0 amide bonds. The predicted octanol–water partition coefficient (Wildman–Crippen LogP) is 6.12. The van der Waals surface area contributed by atoms with Crippen LogP contribution in [-0.2, 0) is 12.6 Å². The highest BCUT2D eigenvalue weighted by Crippen LogP contribution is 2.33. The van der Waals surface area contributed by atoms with E-state index >= 15 is 0 Å². The smallest absolute Gasteiger partial charge is 0.338 e. The van der Waals surface area contributed by atoms with Crippen molar-refractivity contribution < 1.29 is 13.2 Å². The largest absolute Gasteiger partial charge is 0.416 e. The van der Waals surface area contributed by atoms with Crippen LogP contribution in [0.25, 0.3) is 10.3 Å². The van der Waals surface area contributed by atoms with Crippen LogP contribution >= 0.6 is 34.5 Å². The van der Waals surface area contributed by atoms with E-state index in [0.717, 1.165) is 22.7 Å². The number of thiazole rings is 1. The van der Waals surface area contributed by atoms with Crippen molar-refractivity contribution in [1.82, 2.24) is 15.0 Å². The maximum atomic E-state index is 12.8. The van der Waals surface area contributed by atoms with Crippen LogP contribution in [0, 0.1) is 0 Å². The Morgan fingerprint density at radius 2 is 1.68 bits per heavy atom. The SMILES string of the molecule is C[Si]c1nc(Nc2ccc(C(F)(F)F)cc2)c2nc(Cc3c(Cl)cccc3Cl)sc2n1. The zero-order valence-corrected chi connectivity index (χ0v) is 19.2. The highest BCUT2D eigenvalue weighted by molar-refractivity contribution is 7.18. The molecule has 1 N–H and O–H groups in total. The molecule has 4 rings (SSSR count). The Bertz CT molecular complexity index is 1230. The summed E-state index contributed by atoms with van der Waals surface area (Å²) in [4.78, 5) is 14.4. The van der Waals surface area contributed by atoms with Crippen molar-refractivity contribution in [2.75, 3.05) is 5.32 Å². The maximum absolute atomic E-state index is 12.8. The lowest BCUT2D eigenvalue weighted by atomic mass is 10.1. The number of hydrogen-bond donors (Lipinski definition) is 1. The van der Waals surface area contributed by atoms with Crippen molar-refractivity contribution in [3.63, 3.8) is 0 Å². The van der Waals surface area contributed by atoms with Gasteiger partial charge in [0, 0.05) is 22.2 Å². The Morgan fingerprint density at radius 1 is 1.00 bits per heavy atom. The van der Waals surface area contributed by atoms with Gasteiger partial charge in [0.15, 0.2) is 5.82 Å². The first kappa shape index (κ1) is 22.0. The zero-order valence-electron chi connectivity index (χ0n) is 15.9. The highest BCUT2D eigenvalue weighted by Gasteiger charge is 2.30. The van der Waals surface area contributed by atoms with E-state index in [-0.39, 0.29) is 0 Å². The van der Waals surface area contributed by atoms with Gasteiger partial charge in [-0.15, -0.1) is 0 Å². The molecule has 158 valence electrons. The minimum atomic E-state index is -4.39. The van der Waals surface area contributed by atoms with Crippen molar-refractivity contribution in [1.29, 1.82) is 0 Å². The van der Waals surface area contributed by atoms with E-state index in [1.165, 1.54) is 23.5 Å². The van der Waals surface area contributed by atoms with Crippen molar-refractivity contribution in [2.45, 2.75) is 19.1 Å². The lowest BCUT2D eigenvalue weighted by molar-refractivity contribution is -0.137. The van der Waals surface area contributed by atoms with E-state index in [4.69, 9.17) is 23.2 Å². The molecule has 11 heteroatoms. The quantitative estimate of drug-likeness (QED) is 0.338. The maximum Gasteiger partial charge on any atom is 0.416 e. The fraction of sp³-hybridized carbons (Fsp3) is 0.150. The second kappa shape index (κ2) is 8.74. The van der Waals surface area contributed by atoms with E-state index in [9.17, 15) is 13.2 Å². The molecule has 4 nitrogen and oxygen atoms in total. The molecule has 0 bridgehead atoms. The van der Waals surface area contributed by atoms with Crippen molar-refractivity contribution >= 4 is 71.4 Å². The summed E-state index contributed by atoms with van der Waals surface area (Å²) in [6.45, 7) is 1.95. The lowest BCUT2D eigenvalue weighted by Crippen LogP contribution is -2.20. The molecule has 2 radical (unpaired) electrons. The topological polar surface area (TPSA) is 50.7 Å². The van der Waals surface area contributed by atoms with Gasteiger partial charge in [0.2, 0.25) is 0 Å².